The van der Waals surface area contributed by atoms with Gasteiger partial charge in [0.25, 0.3) is 0 Å². The fourth-order valence-electron chi connectivity index (χ4n) is 5.27. The fourth-order valence-corrected chi connectivity index (χ4v) is 5.27. The number of aromatic nitrogens is 3. The van der Waals surface area contributed by atoms with Gasteiger partial charge in [-0.3, -0.25) is 4.57 Å². The summed E-state index contributed by atoms with van der Waals surface area (Å²) in [7, 11) is 0. The van der Waals surface area contributed by atoms with Gasteiger partial charge in [0.05, 0.1) is 27.8 Å². The summed E-state index contributed by atoms with van der Waals surface area (Å²) in [6.07, 6.45) is 1.87. The van der Waals surface area contributed by atoms with Crippen molar-refractivity contribution in [2.75, 3.05) is 0 Å². The average molecular weight is 462 g/mol. The van der Waals surface area contributed by atoms with Crippen molar-refractivity contribution in [1.82, 2.24) is 14.1 Å². The van der Waals surface area contributed by atoms with Crippen LogP contribution in [0.1, 0.15) is 5.56 Å². The fraction of sp³-hybridized carbons (Fsp3) is 0. The molecule has 0 saturated heterocycles. The van der Waals surface area contributed by atoms with Gasteiger partial charge in [-0.2, -0.15) is 0 Å². The lowest BCUT2D eigenvalue weighted by atomic mass is 10.1. The second-order valence-electron chi connectivity index (χ2n) is 8.94. The molecule has 2 aromatic heterocycles. The Hall–Kier alpha value is -4.89. The second kappa shape index (κ2) is 8.10. The van der Waals surface area contributed by atoms with Crippen molar-refractivity contribution < 1.29 is 0 Å². The molecule has 3 nitrogen and oxygen atoms in total. The van der Waals surface area contributed by atoms with Gasteiger partial charge in [0.2, 0.25) is 0 Å². The van der Waals surface area contributed by atoms with Crippen molar-refractivity contribution in [3.05, 3.63) is 133 Å². The Balaban J connectivity index is 1.57. The summed E-state index contributed by atoms with van der Waals surface area (Å²) in [6.45, 7) is 3.91. The zero-order valence-electron chi connectivity index (χ0n) is 19.7. The van der Waals surface area contributed by atoms with Crippen LogP contribution in [0.25, 0.3) is 61.7 Å². The first kappa shape index (κ1) is 20.5. The highest BCUT2D eigenvalue weighted by Crippen LogP contribution is 2.37. The molecule has 0 saturated carbocycles. The van der Waals surface area contributed by atoms with E-state index in [4.69, 9.17) is 4.98 Å². The Morgan fingerprint density at radius 3 is 1.83 bits per heavy atom. The van der Waals surface area contributed by atoms with Gasteiger partial charge in [-0.05, 0) is 54.1 Å². The summed E-state index contributed by atoms with van der Waals surface area (Å²) in [4.78, 5) is 5.16. The number of hydrogen-bond acceptors (Lipinski definition) is 1. The number of imidazole rings is 1. The van der Waals surface area contributed by atoms with Crippen LogP contribution >= 0.6 is 0 Å². The van der Waals surface area contributed by atoms with E-state index in [1.54, 1.807) is 0 Å². The monoisotopic (exact) mass is 461 g/mol. The second-order valence-corrected chi connectivity index (χ2v) is 8.94. The molecule has 36 heavy (non-hydrogen) atoms. The van der Waals surface area contributed by atoms with E-state index in [0.29, 0.717) is 0 Å². The Morgan fingerprint density at radius 1 is 0.556 bits per heavy atom. The Morgan fingerprint density at radius 2 is 1.14 bits per heavy atom. The Kier molecular flexibility index (Phi) is 4.61. The van der Waals surface area contributed by atoms with Gasteiger partial charge in [-0.1, -0.05) is 85.5 Å². The molecule has 0 radical (unpaired) electrons. The summed E-state index contributed by atoms with van der Waals surface area (Å²) in [5, 5.41) is 2.49. The normalized spacial score (nSPS) is 11.4. The molecule has 7 aromatic rings. The maximum absolute atomic E-state index is 5.16. The van der Waals surface area contributed by atoms with Gasteiger partial charge >= 0.3 is 0 Å². The predicted molar refractivity (Wildman–Crippen MR) is 151 cm³/mol. The van der Waals surface area contributed by atoms with Crippen LogP contribution in [0.5, 0.6) is 0 Å². The lowest BCUT2D eigenvalue weighted by molar-refractivity contribution is 1.09. The van der Waals surface area contributed by atoms with Crippen LogP contribution in [0.3, 0.4) is 0 Å². The topological polar surface area (TPSA) is 22.8 Å². The van der Waals surface area contributed by atoms with Gasteiger partial charge in [-0.25, -0.2) is 4.98 Å². The van der Waals surface area contributed by atoms with Crippen molar-refractivity contribution in [2.24, 2.45) is 0 Å². The van der Waals surface area contributed by atoms with E-state index in [1.165, 1.54) is 21.8 Å². The molecule has 0 bridgehead atoms. The molecule has 0 aliphatic rings. The molecule has 0 aliphatic heterocycles. The van der Waals surface area contributed by atoms with Crippen LogP contribution in [0.4, 0.5) is 0 Å². The molecule has 3 heteroatoms. The first-order chi connectivity index (χ1) is 17.8. The Bertz CT molecular complexity index is 1850. The number of hydrogen-bond donors (Lipinski definition) is 0. The quantitative estimate of drug-likeness (QED) is 0.258. The SMILES string of the molecule is C=Cc1ccc(-n2c(-c3ccccc3-n3c4ccccc4c4ccccc43)nc3ccccc32)cc1. The van der Waals surface area contributed by atoms with E-state index >= 15 is 0 Å². The van der Waals surface area contributed by atoms with Crippen LogP contribution < -0.4 is 0 Å². The summed E-state index contributed by atoms with van der Waals surface area (Å²) >= 11 is 0. The molecule has 0 unspecified atom stereocenters. The van der Waals surface area contributed by atoms with Crippen molar-refractivity contribution >= 4 is 38.9 Å². The molecule has 2 heterocycles. The van der Waals surface area contributed by atoms with Crippen LogP contribution in [-0.4, -0.2) is 14.1 Å². The van der Waals surface area contributed by atoms with E-state index in [-0.39, 0.29) is 0 Å². The highest BCUT2D eigenvalue weighted by atomic mass is 15.1. The summed E-state index contributed by atoms with van der Waals surface area (Å²) in [6, 6.07) is 42.6. The van der Waals surface area contributed by atoms with Crippen molar-refractivity contribution in [3.8, 4) is 22.8 Å². The molecule has 7 rings (SSSR count). The maximum Gasteiger partial charge on any atom is 0.147 e. The van der Waals surface area contributed by atoms with Crippen LogP contribution in [0.15, 0.2) is 128 Å². The third-order valence-electron chi connectivity index (χ3n) is 6.91. The molecule has 0 atom stereocenters. The van der Waals surface area contributed by atoms with Crippen molar-refractivity contribution in [3.63, 3.8) is 0 Å². The molecular weight excluding hydrogens is 438 g/mol. The van der Waals surface area contributed by atoms with Gasteiger partial charge in [0.1, 0.15) is 5.82 Å². The highest BCUT2D eigenvalue weighted by molar-refractivity contribution is 6.09. The number of rotatable bonds is 4. The molecule has 170 valence electrons. The smallest absolute Gasteiger partial charge is 0.147 e. The highest BCUT2D eigenvalue weighted by Gasteiger charge is 2.20. The van der Waals surface area contributed by atoms with E-state index < -0.39 is 0 Å². The molecule has 0 amide bonds. The van der Waals surface area contributed by atoms with E-state index in [1.807, 2.05) is 12.1 Å². The first-order valence-corrected chi connectivity index (χ1v) is 12.1. The number of fused-ring (bicyclic) bond motifs is 4. The van der Waals surface area contributed by atoms with E-state index in [0.717, 1.165) is 39.4 Å². The van der Waals surface area contributed by atoms with Gasteiger partial charge in [0.15, 0.2) is 0 Å². The molecule has 5 aromatic carbocycles. The summed E-state index contributed by atoms with van der Waals surface area (Å²) in [5.74, 6) is 0.917. The number of nitrogens with zero attached hydrogens (tertiary/aromatic N) is 3. The van der Waals surface area contributed by atoms with Gasteiger partial charge < -0.3 is 4.57 Å². The number of benzene rings is 5. The standard InChI is InChI=1S/C33H23N3/c1-2-23-19-21-24(22-20-23)35-32-18-10-6-14-28(32)34-33(35)27-13-5-9-17-31(27)36-29-15-7-3-11-25(29)26-12-4-8-16-30(26)36/h2-22H,1H2. The van der Waals surface area contributed by atoms with Crippen LogP contribution in [-0.2, 0) is 0 Å². The molecule has 0 N–H and O–H groups in total. The minimum Gasteiger partial charge on any atom is -0.309 e. The van der Waals surface area contributed by atoms with Gasteiger partial charge in [0, 0.05) is 22.0 Å². The number of para-hydroxylation sites is 5. The summed E-state index contributed by atoms with van der Waals surface area (Å²) in [5.41, 5.74) is 8.76. The lowest BCUT2D eigenvalue weighted by Crippen LogP contribution is -2.02. The molecular formula is C33H23N3. The maximum atomic E-state index is 5.16. The molecule has 0 fully saturated rings. The third kappa shape index (κ3) is 3.03. The average Bonchev–Trinajstić information content (AvgIpc) is 3.49. The molecule has 0 aliphatic carbocycles. The van der Waals surface area contributed by atoms with E-state index in [9.17, 15) is 0 Å². The lowest BCUT2D eigenvalue weighted by Gasteiger charge is -2.15. The van der Waals surface area contributed by atoms with Crippen LogP contribution in [0.2, 0.25) is 0 Å². The first-order valence-electron chi connectivity index (χ1n) is 12.1. The molecule has 0 spiro atoms. The zero-order valence-corrected chi connectivity index (χ0v) is 19.7. The minimum atomic E-state index is 0.917. The summed E-state index contributed by atoms with van der Waals surface area (Å²) < 4.78 is 4.62. The Labute approximate surface area is 209 Å². The van der Waals surface area contributed by atoms with E-state index in [2.05, 4.69) is 131 Å². The largest absolute Gasteiger partial charge is 0.309 e. The van der Waals surface area contributed by atoms with Crippen LogP contribution in [0, 0.1) is 0 Å². The third-order valence-corrected chi connectivity index (χ3v) is 6.91. The minimum absolute atomic E-state index is 0.917. The van der Waals surface area contributed by atoms with Gasteiger partial charge in [-0.15, -0.1) is 0 Å². The zero-order chi connectivity index (χ0) is 24.1. The predicted octanol–water partition coefficient (Wildman–Crippen LogP) is 8.43. The van der Waals surface area contributed by atoms with Crippen molar-refractivity contribution in [1.29, 1.82) is 0 Å². The van der Waals surface area contributed by atoms with Crippen molar-refractivity contribution in [2.45, 2.75) is 0 Å².